The van der Waals surface area contributed by atoms with Crippen LogP contribution in [0.1, 0.15) is 31.9 Å². The molecular weight excluding hydrogens is 449 g/mol. The number of rotatable bonds is 5. The van der Waals surface area contributed by atoms with Crippen molar-refractivity contribution in [3.8, 4) is 11.5 Å². The minimum Gasteiger partial charge on any atom is -0.457 e. The summed E-state index contributed by atoms with van der Waals surface area (Å²) in [7, 11) is 0. The molecule has 0 saturated carbocycles. The topological polar surface area (TPSA) is 44.1 Å². The minimum absolute atomic E-state index is 0.136. The van der Waals surface area contributed by atoms with E-state index in [1.165, 1.54) is 28.6 Å². The summed E-state index contributed by atoms with van der Waals surface area (Å²) in [5.74, 6) is 1.37. The van der Waals surface area contributed by atoms with E-state index >= 15 is 0 Å². The monoisotopic (exact) mass is 468 g/mol. The molecule has 0 atom stereocenters. The summed E-state index contributed by atoms with van der Waals surface area (Å²) in [6.45, 7) is 5.62. The van der Waals surface area contributed by atoms with Crippen molar-refractivity contribution in [2.75, 3.05) is 0 Å². The van der Waals surface area contributed by atoms with Crippen LogP contribution in [0.2, 0.25) is 5.02 Å². The van der Waals surface area contributed by atoms with Crippen molar-refractivity contribution in [2.24, 2.45) is 0 Å². The lowest BCUT2D eigenvalue weighted by molar-refractivity contribution is -0.137. The van der Waals surface area contributed by atoms with Crippen molar-refractivity contribution in [3.63, 3.8) is 0 Å². The average molecular weight is 469 g/mol. The lowest BCUT2D eigenvalue weighted by Crippen LogP contribution is -2.36. The fraction of sp³-hybridized carbons (Fsp3) is 0.273. The predicted octanol–water partition coefficient (Wildman–Crippen LogP) is 6.76. The zero-order valence-electron chi connectivity index (χ0n) is 17.0. The Balaban J connectivity index is 1.64. The number of halogens is 4. The largest absolute Gasteiger partial charge is 0.457 e. The Hall–Kier alpha value is -2.45. The van der Waals surface area contributed by atoms with Gasteiger partial charge in [0.15, 0.2) is 0 Å². The van der Waals surface area contributed by atoms with Crippen LogP contribution in [0.4, 0.5) is 13.2 Å². The van der Waals surface area contributed by atoms with Crippen LogP contribution in [-0.4, -0.2) is 9.78 Å². The number of aromatic nitrogens is 2. The van der Waals surface area contributed by atoms with Gasteiger partial charge in [-0.3, -0.25) is 4.79 Å². The maximum atomic E-state index is 12.6. The Kier molecular flexibility index (Phi) is 6.71. The lowest BCUT2D eigenvalue weighted by Gasteiger charge is -2.21. The number of thioether (sulfide) groups is 1. The first-order valence-electron chi connectivity index (χ1n) is 9.30. The van der Waals surface area contributed by atoms with Crippen molar-refractivity contribution in [1.29, 1.82) is 0 Å². The highest BCUT2D eigenvalue weighted by Crippen LogP contribution is 2.32. The van der Waals surface area contributed by atoms with Crippen molar-refractivity contribution < 1.29 is 17.9 Å². The molecule has 3 aromatic rings. The average Bonchev–Trinajstić information content (AvgIpc) is 2.69. The number of benzene rings is 2. The van der Waals surface area contributed by atoms with Crippen LogP contribution < -0.4 is 10.3 Å². The molecule has 2 aromatic carbocycles. The Morgan fingerprint density at radius 2 is 1.55 bits per heavy atom. The lowest BCUT2D eigenvalue weighted by atomic mass is 10.1. The van der Waals surface area contributed by atoms with E-state index < -0.39 is 17.3 Å². The second-order valence-corrected chi connectivity index (χ2v) is 9.16. The molecule has 0 saturated heterocycles. The molecule has 164 valence electrons. The van der Waals surface area contributed by atoms with Crippen LogP contribution in [0.25, 0.3) is 0 Å². The quantitative estimate of drug-likeness (QED) is 0.388. The van der Waals surface area contributed by atoms with Gasteiger partial charge in [-0.1, -0.05) is 23.7 Å². The van der Waals surface area contributed by atoms with Gasteiger partial charge in [-0.05, 0) is 62.7 Å². The van der Waals surface area contributed by atoms with Gasteiger partial charge >= 0.3 is 6.18 Å². The third kappa shape index (κ3) is 5.83. The third-order valence-electron chi connectivity index (χ3n) is 4.26. The Bertz CT molecular complexity index is 1110. The van der Waals surface area contributed by atoms with Crippen LogP contribution in [0, 0.1) is 0 Å². The van der Waals surface area contributed by atoms with Gasteiger partial charge < -0.3 is 4.74 Å². The molecule has 9 heteroatoms. The summed E-state index contributed by atoms with van der Waals surface area (Å²) in [4.78, 5) is 13.0. The first-order valence-corrected chi connectivity index (χ1v) is 10.7. The fourth-order valence-corrected chi connectivity index (χ4v) is 3.80. The molecule has 0 radical (unpaired) electrons. The molecule has 0 unspecified atom stereocenters. The first kappa shape index (κ1) is 23.2. The van der Waals surface area contributed by atoms with Gasteiger partial charge in [-0.2, -0.15) is 18.3 Å². The van der Waals surface area contributed by atoms with Crippen LogP contribution in [0.5, 0.6) is 11.5 Å². The van der Waals surface area contributed by atoms with E-state index in [4.69, 9.17) is 16.3 Å². The van der Waals surface area contributed by atoms with Crippen LogP contribution >= 0.6 is 23.4 Å². The molecule has 0 spiro atoms. The molecule has 1 aromatic heterocycles. The molecule has 1 heterocycles. The van der Waals surface area contributed by atoms with E-state index in [1.807, 2.05) is 32.9 Å². The molecule has 0 aliphatic heterocycles. The normalized spacial score (nSPS) is 12.1. The van der Waals surface area contributed by atoms with Gasteiger partial charge in [0.25, 0.3) is 5.56 Å². The van der Waals surface area contributed by atoms with E-state index in [0.29, 0.717) is 22.1 Å². The Morgan fingerprint density at radius 1 is 1.00 bits per heavy atom. The summed E-state index contributed by atoms with van der Waals surface area (Å²) in [6, 6.07) is 11.6. The molecule has 0 amide bonds. The Morgan fingerprint density at radius 3 is 2.06 bits per heavy atom. The van der Waals surface area contributed by atoms with Gasteiger partial charge in [0, 0.05) is 5.75 Å². The van der Waals surface area contributed by atoms with Crippen molar-refractivity contribution in [3.05, 3.63) is 81.2 Å². The molecule has 0 N–H and O–H groups in total. The highest BCUT2D eigenvalue weighted by Gasteiger charge is 2.30. The first-order chi connectivity index (χ1) is 14.4. The van der Waals surface area contributed by atoms with Crippen LogP contribution in [-0.2, 0) is 17.5 Å². The smallest absolute Gasteiger partial charge is 0.416 e. The molecular formula is C22H20ClF3N2O2S. The van der Waals surface area contributed by atoms with Crippen molar-refractivity contribution in [1.82, 2.24) is 9.78 Å². The maximum absolute atomic E-state index is 12.6. The van der Waals surface area contributed by atoms with Crippen molar-refractivity contribution >= 4 is 23.4 Å². The summed E-state index contributed by atoms with van der Waals surface area (Å²) >= 11 is 7.63. The number of ether oxygens (including phenoxy) is 1. The molecule has 0 aliphatic carbocycles. The highest BCUT2D eigenvalue weighted by atomic mass is 35.5. The number of nitrogens with zero attached hydrogens (tertiary/aromatic N) is 2. The second-order valence-electron chi connectivity index (χ2n) is 7.77. The standard InChI is InChI=1S/C22H20ClF3N2O2S/c1-21(2,3)28-20(29)19(23)18(12-27-28)31-13-14-4-8-16(9-5-14)30-17-10-6-15(7-11-17)22(24,25)26/h4-12H,13H2,1-3H3. The Labute approximate surface area is 187 Å². The van der Waals surface area contributed by atoms with Gasteiger partial charge in [0.2, 0.25) is 0 Å². The third-order valence-corrected chi connectivity index (χ3v) is 5.83. The van der Waals surface area contributed by atoms with E-state index in [1.54, 1.807) is 18.3 Å². The summed E-state index contributed by atoms with van der Waals surface area (Å²) < 4.78 is 44.8. The van der Waals surface area contributed by atoms with E-state index in [0.717, 1.165) is 17.7 Å². The van der Waals surface area contributed by atoms with E-state index in [2.05, 4.69) is 5.10 Å². The highest BCUT2D eigenvalue weighted by molar-refractivity contribution is 7.98. The van der Waals surface area contributed by atoms with Gasteiger partial charge in [-0.25, -0.2) is 4.68 Å². The number of alkyl halides is 3. The molecule has 31 heavy (non-hydrogen) atoms. The molecule has 4 nitrogen and oxygen atoms in total. The molecule has 0 fully saturated rings. The summed E-state index contributed by atoms with van der Waals surface area (Å²) in [5, 5.41) is 4.35. The predicted molar refractivity (Wildman–Crippen MR) is 116 cm³/mol. The maximum Gasteiger partial charge on any atom is 0.416 e. The van der Waals surface area contributed by atoms with Crippen LogP contribution in [0.3, 0.4) is 0 Å². The second kappa shape index (κ2) is 8.96. The minimum atomic E-state index is -4.38. The SMILES string of the molecule is CC(C)(C)n1ncc(SCc2ccc(Oc3ccc(C(F)(F)F)cc3)cc2)c(Cl)c1=O. The van der Waals surface area contributed by atoms with Gasteiger partial charge in [-0.15, -0.1) is 11.8 Å². The number of hydrogen-bond acceptors (Lipinski definition) is 4. The van der Waals surface area contributed by atoms with Crippen molar-refractivity contribution in [2.45, 2.75) is 43.1 Å². The summed E-state index contributed by atoms with van der Waals surface area (Å²) in [5.41, 5.74) is -0.567. The van der Waals surface area contributed by atoms with Gasteiger partial charge in [0.1, 0.15) is 16.5 Å². The fourth-order valence-electron chi connectivity index (χ4n) is 2.66. The van der Waals surface area contributed by atoms with Gasteiger partial charge in [0.05, 0.1) is 22.2 Å². The zero-order chi connectivity index (χ0) is 22.8. The molecule has 0 bridgehead atoms. The number of hydrogen-bond donors (Lipinski definition) is 0. The zero-order valence-corrected chi connectivity index (χ0v) is 18.6. The van der Waals surface area contributed by atoms with Crippen LogP contribution in [0.15, 0.2) is 64.4 Å². The summed E-state index contributed by atoms with van der Waals surface area (Å²) in [6.07, 6.45) is -2.80. The molecule has 0 aliphatic rings. The molecule has 3 rings (SSSR count). The van der Waals surface area contributed by atoms with E-state index in [9.17, 15) is 18.0 Å². The van der Waals surface area contributed by atoms with E-state index in [-0.39, 0.29) is 10.6 Å².